The van der Waals surface area contributed by atoms with Gasteiger partial charge in [-0.1, -0.05) is 0 Å². The Kier molecular flexibility index (Phi) is 4.97. The molecule has 2 aliphatic heterocycles. The van der Waals surface area contributed by atoms with Gasteiger partial charge in [0.15, 0.2) is 0 Å². The minimum atomic E-state index is -4.21. The molecule has 1 aromatic carbocycles. The summed E-state index contributed by atoms with van der Waals surface area (Å²) in [6.45, 7) is 0.272. The highest BCUT2D eigenvalue weighted by atomic mass is 32.2. The Hall–Kier alpha value is -2.46. The fourth-order valence-corrected chi connectivity index (χ4v) is 4.45. The third kappa shape index (κ3) is 3.29. The number of carbonyl (C=O) groups is 3. The van der Waals surface area contributed by atoms with E-state index >= 15 is 0 Å². The van der Waals surface area contributed by atoms with Gasteiger partial charge in [-0.2, -0.15) is 0 Å². The van der Waals surface area contributed by atoms with Crippen LogP contribution in [0.15, 0.2) is 23.1 Å². The Morgan fingerprint density at radius 2 is 2.15 bits per heavy atom. The fraction of sp³-hybridized carbons (Fsp3) is 0.438. The van der Waals surface area contributed by atoms with Crippen LogP contribution in [0.25, 0.3) is 0 Å². The van der Waals surface area contributed by atoms with Crippen molar-refractivity contribution in [2.75, 3.05) is 26.8 Å². The predicted molar refractivity (Wildman–Crippen MR) is 88.0 cm³/mol. The molecule has 1 fully saturated rings. The van der Waals surface area contributed by atoms with Gasteiger partial charge in [-0.15, -0.1) is 0 Å². The van der Waals surface area contributed by atoms with Crippen LogP contribution in [0.4, 0.5) is 0 Å². The molecule has 1 aromatic rings. The molecule has 1 unspecified atom stereocenters. The van der Waals surface area contributed by atoms with E-state index in [1.165, 1.54) is 19.2 Å². The third-order valence-electron chi connectivity index (χ3n) is 4.27. The molecule has 9 nitrogen and oxygen atoms in total. The number of nitrogens with zero attached hydrogens (tertiary/aromatic N) is 1. The lowest BCUT2D eigenvalue weighted by molar-refractivity contribution is -0.121. The SMILES string of the molecule is COC(=O)c1ccc2c(c1)S(=O)(=O)N(CC(=O)NCC1CCCO1)C2=O. The number of ether oxygens (including phenoxy) is 2. The van der Waals surface area contributed by atoms with Crippen LogP contribution >= 0.6 is 0 Å². The number of benzene rings is 1. The highest BCUT2D eigenvalue weighted by molar-refractivity contribution is 7.90. The molecule has 2 heterocycles. The van der Waals surface area contributed by atoms with E-state index in [0.29, 0.717) is 10.9 Å². The van der Waals surface area contributed by atoms with Crippen molar-refractivity contribution in [3.05, 3.63) is 29.3 Å². The quantitative estimate of drug-likeness (QED) is 0.707. The van der Waals surface area contributed by atoms with Crippen LogP contribution in [0.3, 0.4) is 0 Å². The first-order chi connectivity index (χ1) is 12.3. The summed E-state index contributed by atoms with van der Waals surface area (Å²) in [4.78, 5) is 35.7. The number of fused-ring (bicyclic) bond motifs is 1. The van der Waals surface area contributed by atoms with Gasteiger partial charge in [0.05, 0.1) is 24.3 Å². The zero-order valence-corrected chi connectivity index (χ0v) is 14.9. The van der Waals surface area contributed by atoms with E-state index in [9.17, 15) is 22.8 Å². The smallest absolute Gasteiger partial charge is 0.337 e. The Morgan fingerprint density at radius 3 is 2.81 bits per heavy atom. The monoisotopic (exact) mass is 382 g/mol. The van der Waals surface area contributed by atoms with Crippen LogP contribution in [0, 0.1) is 0 Å². The Bertz CT molecular complexity index is 859. The molecular formula is C16H18N2O7S. The van der Waals surface area contributed by atoms with Gasteiger partial charge in [0.1, 0.15) is 11.4 Å². The number of hydrogen-bond acceptors (Lipinski definition) is 7. The van der Waals surface area contributed by atoms with Crippen molar-refractivity contribution < 1.29 is 32.3 Å². The summed E-state index contributed by atoms with van der Waals surface area (Å²) < 4.78 is 35.6. The zero-order valence-electron chi connectivity index (χ0n) is 14.1. The van der Waals surface area contributed by atoms with Gasteiger partial charge in [-0.25, -0.2) is 17.5 Å². The second-order valence-corrected chi connectivity index (χ2v) is 7.79. The molecule has 0 aliphatic carbocycles. The van der Waals surface area contributed by atoms with E-state index in [1.54, 1.807) is 0 Å². The first-order valence-electron chi connectivity index (χ1n) is 8.02. The summed E-state index contributed by atoms with van der Waals surface area (Å²) in [6, 6.07) is 3.63. The van der Waals surface area contributed by atoms with E-state index in [4.69, 9.17) is 4.74 Å². The molecule has 3 rings (SSSR count). The van der Waals surface area contributed by atoms with Gasteiger partial charge >= 0.3 is 5.97 Å². The Balaban J connectivity index is 1.75. The van der Waals surface area contributed by atoms with Crippen LogP contribution < -0.4 is 5.32 Å². The molecule has 0 bridgehead atoms. The van der Waals surface area contributed by atoms with E-state index in [0.717, 1.165) is 18.9 Å². The number of amides is 2. The van der Waals surface area contributed by atoms with Crippen molar-refractivity contribution in [1.82, 2.24) is 9.62 Å². The normalized spacial score (nSPS) is 20.7. The molecule has 0 radical (unpaired) electrons. The topological polar surface area (TPSA) is 119 Å². The molecule has 0 saturated carbocycles. The van der Waals surface area contributed by atoms with Crippen LogP contribution in [0.1, 0.15) is 33.6 Å². The second-order valence-electron chi connectivity index (χ2n) is 5.96. The molecule has 2 amide bonds. The van der Waals surface area contributed by atoms with Crippen molar-refractivity contribution in [2.24, 2.45) is 0 Å². The number of sulfonamides is 1. The first-order valence-corrected chi connectivity index (χ1v) is 9.46. The number of methoxy groups -OCH3 is 1. The maximum Gasteiger partial charge on any atom is 0.337 e. The molecular weight excluding hydrogens is 364 g/mol. The molecule has 2 aliphatic rings. The summed E-state index contributed by atoms with van der Waals surface area (Å²) >= 11 is 0. The number of nitrogens with one attached hydrogen (secondary N) is 1. The lowest BCUT2D eigenvalue weighted by atomic mass is 10.1. The molecule has 1 saturated heterocycles. The van der Waals surface area contributed by atoms with Crippen molar-refractivity contribution in [2.45, 2.75) is 23.8 Å². The summed E-state index contributed by atoms with van der Waals surface area (Å²) in [5, 5.41) is 2.58. The summed E-state index contributed by atoms with van der Waals surface area (Å²) in [5.41, 5.74) is -0.0723. The van der Waals surface area contributed by atoms with Gasteiger partial charge in [0.2, 0.25) is 5.91 Å². The van der Waals surface area contributed by atoms with Gasteiger partial charge in [-0.3, -0.25) is 9.59 Å². The molecule has 1 N–H and O–H groups in total. The zero-order chi connectivity index (χ0) is 18.9. The van der Waals surface area contributed by atoms with Gasteiger partial charge in [0, 0.05) is 13.2 Å². The molecule has 140 valence electrons. The van der Waals surface area contributed by atoms with Crippen molar-refractivity contribution in [3.8, 4) is 0 Å². The van der Waals surface area contributed by atoms with Crippen molar-refractivity contribution >= 4 is 27.8 Å². The summed E-state index contributed by atoms with van der Waals surface area (Å²) in [5.74, 6) is -2.12. The second kappa shape index (κ2) is 7.04. The van der Waals surface area contributed by atoms with E-state index in [1.807, 2.05) is 0 Å². The fourth-order valence-electron chi connectivity index (χ4n) is 2.90. The van der Waals surface area contributed by atoms with Crippen LogP contribution in [-0.4, -0.2) is 63.4 Å². The van der Waals surface area contributed by atoms with Crippen LogP contribution in [0.2, 0.25) is 0 Å². The summed E-state index contributed by atoms with van der Waals surface area (Å²) in [6.07, 6.45) is 1.64. The molecule has 0 spiro atoms. The molecule has 26 heavy (non-hydrogen) atoms. The largest absolute Gasteiger partial charge is 0.465 e. The average Bonchev–Trinajstić information content (AvgIpc) is 3.21. The minimum absolute atomic E-state index is 0.00677. The predicted octanol–water partition coefficient (Wildman–Crippen LogP) is -0.0871. The standard InChI is InChI=1S/C16H18N2O7S/c1-24-16(21)10-4-5-12-13(7-10)26(22,23)18(15(12)20)9-14(19)17-8-11-3-2-6-25-11/h4-5,7,11H,2-3,6,8-9H2,1H3,(H,17,19). The number of rotatable bonds is 5. The third-order valence-corrected chi connectivity index (χ3v) is 6.03. The first kappa shape index (κ1) is 18.3. The van der Waals surface area contributed by atoms with E-state index in [2.05, 4.69) is 10.1 Å². The van der Waals surface area contributed by atoms with Gasteiger partial charge in [-0.05, 0) is 31.0 Å². The Morgan fingerprint density at radius 1 is 1.38 bits per heavy atom. The van der Waals surface area contributed by atoms with Gasteiger partial charge in [0.25, 0.3) is 15.9 Å². The lowest BCUT2D eigenvalue weighted by Crippen LogP contribution is -2.42. The molecule has 1 atom stereocenters. The van der Waals surface area contributed by atoms with Crippen molar-refractivity contribution in [3.63, 3.8) is 0 Å². The summed E-state index contributed by atoms with van der Waals surface area (Å²) in [7, 11) is -3.04. The maximum atomic E-state index is 12.6. The number of hydrogen-bond donors (Lipinski definition) is 1. The maximum absolute atomic E-state index is 12.6. The number of carbonyl (C=O) groups excluding carboxylic acids is 3. The van der Waals surface area contributed by atoms with Crippen LogP contribution in [-0.2, 0) is 24.3 Å². The average molecular weight is 382 g/mol. The van der Waals surface area contributed by atoms with Crippen molar-refractivity contribution in [1.29, 1.82) is 0 Å². The van der Waals surface area contributed by atoms with Crippen LogP contribution in [0.5, 0.6) is 0 Å². The Labute approximate surface area is 150 Å². The minimum Gasteiger partial charge on any atom is -0.465 e. The number of esters is 1. The van der Waals surface area contributed by atoms with E-state index < -0.39 is 34.4 Å². The molecule has 10 heteroatoms. The highest BCUT2D eigenvalue weighted by Crippen LogP contribution is 2.31. The highest BCUT2D eigenvalue weighted by Gasteiger charge is 2.42. The van der Waals surface area contributed by atoms with Gasteiger partial charge < -0.3 is 14.8 Å². The molecule has 0 aromatic heterocycles. The van der Waals surface area contributed by atoms with E-state index in [-0.39, 0.29) is 28.7 Å². The lowest BCUT2D eigenvalue weighted by Gasteiger charge is -2.16.